The first-order valence-electron chi connectivity index (χ1n) is 11.3. The Morgan fingerprint density at radius 1 is 0.700 bits per heavy atom. The van der Waals surface area contributed by atoms with Gasteiger partial charge in [-0.15, -0.1) is 0 Å². The molecule has 2 saturated carbocycles. The summed E-state index contributed by atoms with van der Waals surface area (Å²) in [5.74, 6) is 0. The molecule has 0 aromatic heterocycles. The zero-order chi connectivity index (χ0) is 22.4. The Labute approximate surface area is 212 Å². The van der Waals surface area contributed by atoms with Gasteiger partial charge < -0.3 is 11.4 Å². The summed E-state index contributed by atoms with van der Waals surface area (Å²) in [5, 5.41) is 0.132. The zero-order valence-corrected chi connectivity index (χ0v) is 24.0. The largest absolute Gasteiger partial charge is 3.00 e. The van der Waals surface area contributed by atoms with Crippen LogP contribution in [0.4, 0.5) is 0 Å². The molecule has 0 aromatic carbocycles. The fraction of sp³-hybridized carbons (Fsp3) is 0.556. The molecule has 0 aliphatic heterocycles. The molecule has 3 heteroatoms. The van der Waals surface area contributed by atoms with Crippen LogP contribution in [-0.2, 0) is 26.2 Å². The minimum absolute atomic E-state index is 0. The minimum atomic E-state index is -1.86. The Balaban J connectivity index is -0.000000336. The summed E-state index contributed by atoms with van der Waals surface area (Å²) in [6, 6.07) is 0. The Morgan fingerprint density at radius 2 is 0.967 bits per heavy atom. The Kier molecular flexibility index (Phi) is 28.8. The van der Waals surface area contributed by atoms with Crippen molar-refractivity contribution in [3.05, 3.63) is 76.9 Å². The fourth-order valence-corrected chi connectivity index (χ4v) is 1.86. The molecule has 0 atom stereocenters. The van der Waals surface area contributed by atoms with Gasteiger partial charge in [-0.05, 0) is 82.3 Å². The van der Waals surface area contributed by atoms with Gasteiger partial charge in [-0.25, -0.2) is 0 Å². The molecule has 11 radical (unpaired) electrons. The van der Waals surface area contributed by atoms with Crippen molar-refractivity contribution in [1.29, 1.82) is 0 Å². The van der Waals surface area contributed by atoms with E-state index in [9.17, 15) is 4.80 Å². The van der Waals surface area contributed by atoms with Crippen LogP contribution in [0.1, 0.15) is 79.1 Å². The van der Waals surface area contributed by atoms with Crippen molar-refractivity contribution in [2.75, 3.05) is 0 Å². The standard InChI is InChI=1S/C11H21.C6H16OSi.2C5H5.Zr/c1-3-5-7-9-11-10-8-6-4-2;1-6(2,3)8(4,5)7;2*1-2-4-5-3-1;/h1,3H,4-11H2,2H3;7H,1-5H3;2*1-5H;/q-1;;;;+3. The van der Waals surface area contributed by atoms with Crippen LogP contribution in [0, 0.1) is 70.8 Å². The third-order valence-electron chi connectivity index (χ3n) is 4.92. The van der Waals surface area contributed by atoms with Crippen LogP contribution < -0.4 is 0 Å². The maximum atomic E-state index is 9.49. The van der Waals surface area contributed by atoms with E-state index in [1.54, 1.807) is 6.08 Å². The monoisotopic (exact) mass is 505 g/mol. The van der Waals surface area contributed by atoms with Gasteiger partial charge in [0.15, 0.2) is 8.32 Å². The smallest absolute Gasteiger partial charge is 0.518 e. The van der Waals surface area contributed by atoms with Gasteiger partial charge in [-0.2, -0.15) is 0 Å². The topological polar surface area (TPSA) is 20.2 Å². The molecule has 2 rings (SSSR count). The predicted molar refractivity (Wildman–Crippen MR) is 134 cm³/mol. The molecule has 0 spiro atoms. The van der Waals surface area contributed by atoms with E-state index in [0.29, 0.717) is 0 Å². The second-order valence-corrected chi connectivity index (χ2v) is 13.5. The molecular formula is C27H47OSiZr+2. The fourth-order valence-electron chi connectivity index (χ4n) is 1.86. The zero-order valence-electron chi connectivity index (χ0n) is 20.5. The van der Waals surface area contributed by atoms with Crippen LogP contribution >= 0.6 is 0 Å². The molecule has 167 valence electrons. The third-order valence-corrected chi connectivity index (χ3v) is 8.59. The number of rotatable bonds is 8. The molecule has 0 heterocycles. The van der Waals surface area contributed by atoms with Crippen molar-refractivity contribution in [3.63, 3.8) is 0 Å². The SMILES string of the molecule is CC(C)(C)[Si](C)(C)O.[CH-]=CCCCCCCCCC.[CH]1[CH][CH][CH][CH]1.[CH]1[CH][CH][CH][CH]1.[Zr+3]. The van der Waals surface area contributed by atoms with Crippen LogP contribution in [0.15, 0.2) is 6.08 Å². The molecular weight excluding hydrogens is 460 g/mol. The Bertz CT molecular complexity index is 286. The van der Waals surface area contributed by atoms with Gasteiger partial charge in [0.25, 0.3) is 0 Å². The molecule has 2 aliphatic rings. The first-order chi connectivity index (χ1) is 13.7. The van der Waals surface area contributed by atoms with Crippen LogP contribution in [0.3, 0.4) is 0 Å². The van der Waals surface area contributed by atoms with Crippen molar-refractivity contribution >= 4 is 8.32 Å². The number of hydrogen-bond donors (Lipinski definition) is 1. The number of allylic oxidation sites excluding steroid dienone is 1. The summed E-state index contributed by atoms with van der Waals surface area (Å²) in [7, 11) is -1.86. The summed E-state index contributed by atoms with van der Waals surface area (Å²) in [6.45, 7) is 17.7. The van der Waals surface area contributed by atoms with Crippen molar-refractivity contribution < 1.29 is 31.0 Å². The van der Waals surface area contributed by atoms with E-state index in [4.69, 9.17) is 6.58 Å². The van der Waals surface area contributed by atoms with E-state index in [0.717, 1.165) is 6.42 Å². The molecule has 30 heavy (non-hydrogen) atoms. The van der Waals surface area contributed by atoms with Crippen molar-refractivity contribution in [2.24, 2.45) is 0 Å². The summed E-state index contributed by atoms with van der Waals surface area (Å²) in [5.41, 5.74) is 0. The van der Waals surface area contributed by atoms with Gasteiger partial charge in [0.2, 0.25) is 0 Å². The van der Waals surface area contributed by atoms with Gasteiger partial charge in [0, 0.05) is 0 Å². The van der Waals surface area contributed by atoms with Gasteiger partial charge >= 0.3 is 26.2 Å². The van der Waals surface area contributed by atoms with Gasteiger partial charge in [0.05, 0.1) is 0 Å². The molecule has 0 amide bonds. The quantitative estimate of drug-likeness (QED) is 0.200. The van der Waals surface area contributed by atoms with E-state index in [-0.39, 0.29) is 31.2 Å². The van der Waals surface area contributed by atoms with Crippen LogP contribution in [0.5, 0.6) is 0 Å². The molecule has 1 nitrogen and oxygen atoms in total. The van der Waals surface area contributed by atoms with Crippen molar-refractivity contribution in [3.8, 4) is 0 Å². The third kappa shape index (κ3) is 28.8. The second-order valence-electron chi connectivity index (χ2n) is 8.88. The molecule has 2 aliphatic carbocycles. The summed E-state index contributed by atoms with van der Waals surface area (Å²) in [6.07, 6.45) is 32.5. The maximum Gasteiger partial charge on any atom is 3.00 e. The molecule has 2 fully saturated rings. The van der Waals surface area contributed by atoms with Gasteiger partial charge in [-0.1, -0.05) is 79.1 Å². The van der Waals surface area contributed by atoms with Crippen LogP contribution in [0.2, 0.25) is 18.1 Å². The van der Waals surface area contributed by atoms with Gasteiger partial charge in [-0.3, -0.25) is 6.08 Å². The van der Waals surface area contributed by atoms with Gasteiger partial charge in [0.1, 0.15) is 0 Å². The average Bonchev–Trinajstić information content (AvgIpc) is 3.38. The molecule has 0 unspecified atom stereocenters. The maximum absolute atomic E-state index is 9.49. The Morgan fingerprint density at radius 3 is 1.20 bits per heavy atom. The molecule has 0 saturated heterocycles. The van der Waals surface area contributed by atoms with E-state index in [1.165, 1.54) is 44.9 Å². The summed E-state index contributed by atoms with van der Waals surface area (Å²) in [4.78, 5) is 9.49. The average molecular weight is 507 g/mol. The summed E-state index contributed by atoms with van der Waals surface area (Å²) < 4.78 is 0. The molecule has 0 aromatic rings. The van der Waals surface area contributed by atoms with E-state index >= 15 is 0 Å². The summed E-state index contributed by atoms with van der Waals surface area (Å²) >= 11 is 0. The molecule has 0 bridgehead atoms. The number of unbranched alkanes of at least 4 members (excludes halogenated alkanes) is 7. The molecule has 1 N–H and O–H groups in total. The van der Waals surface area contributed by atoms with E-state index < -0.39 is 8.32 Å². The van der Waals surface area contributed by atoms with Crippen molar-refractivity contribution in [1.82, 2.24) is 0 Å². The second kappa shape index (κ2) is 24.4. The normalized spacial score (nSPS) is 15.4. The van der Waals surface area contributed by atoms with E-state index in [2.05, 4.69) is 27.7 Å². The predicted octanol–water partition coefficient (Wildman–Crippen LogP) is 8.14. The van der Waals surface area contributed by atoms with Crippen LogP contribution in [-0.4, -0.2) is 13.1 Å². The van der Waals surface area contributed by atoms with Crippen molar-refractivity contribution in [2.45, 2.75) is 97.2 Å². The number of hydrogen-bond acceptors (Lipinski definition) is 1. The van der Waals surface area contributed by atoms with Crippen LogP contribution in [0.25, 0.3) is 0 Å². The first-order valence-corrected chi connectivity index (χ1v) is 14.2. The minimum Gasteiger partial charge on any atom is -0.518 e. The van der Waals surface area contributed by atoms with E-state index in [1.807, 2.05) is 77.3 Å². The first kappa shape index (κ1) is 35.4. The Hall–Kier alpha value is 0.800.